The molecule has 1 N–H and O–H groups in total. The summed E-state index contributed by atoms with van der Waals surface area (Å²) in [6.07, 6.45) is 3.14. The number of nitrogens with zero attached hydrogens (tertiary/aromatic N) is 1. The van der Waals surface area contributed by atoms with Gasteiger partial charge in [0.15, 0.2) is 0 Å². The SMILES string of the molecule is CCOc1ccccc1/C=C/C(=O)N(C)CC(=O)Nc1ccc(C)cc1. The van der Waals surface area contributed by atoms with E-state index in [2.05, 4.69) is 5.32 Å². The molecule has 26 heavy (non-hydrogen) atoms. The van der Waals surface area contributed by atoms with Gasteiger partial charge in [0.25, 0.3) is 0 Å². The van der Waals surface area contributed by atoms with E-state index in [0.29, 0.717) is 12.3 Å². The van der Waals surface area contributed by atoms with Crippen molar-refractivity contribution in [1.29, 1.82) is 0 Å². The predicted molar refractivity (Wildman–Crippen MR) is 104 cm³/mol. The van der Waals surface area contributed by atoms with Gasteiger partial charge >= 0.3 is 0 Å². The van der Waals surface area contributed by atoms with Gasteiger partial charge in [0.2, 0.25) is 11.8 Å². The molecule has 0 aromatic heterocycles. The summed E-state index contributed by atoms with van der Waals surface area (Å²) in [5, 5.41) is 2.78. The highest BCUT2D eigenvalue weighted by atomic mass is 16.5. The van der Waals surface area contributed by atoms with Crippen LogP contribution in [0.2, 0.25) is 0 Å². The molecule has 2 aromatic carbocycles. The number of para-hydroxylation sites is 1. The number of ether oxygens (including phenoxy) is 1. The Morgan fingerprint density at radius 1 is 1.12 bits per heavy atom. The molecule has 0 spiro atoms. The van der Waals surface area contributed by atoms with Crippen LogP contribution in [0.1, 0.15) is 18.1 Å². The standard InChI is InChI=1S/C21H24N2O3/c1-4-26-19-8-6-5-7-17(19)11-14-21(25)23(3)15-20(24)22-18-12-9-16(2)10-13-18/h5-14H,4,15H2,1-3H3,(H,22,24)/b14-11+. The minimum atomic E-state index is -0.254. The number of carbonyl (C=O) groups excluding carboxylic acids is 2. The molecule has 2 amide bonds. The van der Waals surface area contributed by atoms with E-state index in [-0.39, 0.29) is 18.4 Å². The first-order valence-corrected chi connectivity index (χ1v) is 8.51. The molecule has 0 atom stereocenters. The number of hydrogen-bond donors (Lipinski definition) is 1. The molecule has 0 radical (unpaired) electrons. The highest BCUT2D eigenvalue weighted by Crippen LogP contribution is 2.19. The molecule has 0 aliphatic heterocycles. The Balaban J connectivity index is 1.92. The third-order valence-electron chi connectivity index (χ3n) is 3.72. The number of amides is 2. The maximum atomic E-state index is 12.2. The molecule has 0 bridgehead atoms. The summed E-state index contributed by atoms with van der Waals surface area (Å²) in [5.74, 6) is 0.224. The van der Waals surface area contributed by atoms with E-state index in [4.69, 9.17) is 4.74 Å². The van der Waals surface area contributed by atoms with Crippen LogP contribution in [0.5, 0.6) is 5.75 Å². The molecule has 0 saturated heterocycles. The number of aryl methyl sites for hydroxylation is 1. The molecule has 0 unspecified atom stereocenters. The van der Waals surface area contributed by atoms with Crippen LogP contribution in [0, 0.1) is 6.92 Å². The molecular formula is C21H24N2O3. The summed E-state index contributed by atoms with van der Waals surface area (Å²) in [6.45, 7) is 4.42. The van der Waals surface area contributed by atoms with Crippen molar-refractivity contribution >= 4 is 23.6 Å². The minimum absolute atomic E-state index is 0.0237. The van der Waals surface area contributed by atoms with E-state index < -0.39 is 0 Å². The fourth-order valence-electron chi connectivity index (χ4n) is 2.32. The molecule has 0 aliphatic rings. The Morgan fingerprint density at radius 2 is 1.81 bits per heavy atom. The molecule has 0 aliphatic carbocycles. The lowest BCUT2D eigenvalue weighted by molar-refractivity contribution is -0.129. The van der Waals surface area contributed by atoms with Crippen LogP contribution in [0.4, 0.5) is 5.69 Å². The van der Waals surface area contributed by atoms with Crippen molar-refractivity contribution < 1.29 is 14.3 Å². The largest absolute Gasteiger partial charge is 0.493 e. The minimum Gasteiger partial charge on any atom is -0.493 e. The zero-order valence-electron chi connectivity index (χ0n) is 15.4. The van der Waals surface area contributed by atoms with E-state index in [0.717, 1.165) is 16.9 Å². The second-order valence-electron chi connectivity index (χ2n) is 5.91. The Kier molecular flexibility index (Phi) is 6.97. The van der Waals surface area contributed by atoms with Gasteiger partial charge in [0.05, 0.1) is 13.2 Å². The molecule has 0 fully saturated rings. The second kappa shape index (κ2) is 9.42. The number of carbonyl (C=O) groups is 2. The number of benzene rings is 2. The van der Waals surface area contributed by atoms with Gasteiger partial charge in [0.1, 0.15) is 5.75 Å². The van der Waals surface area contributed by atoms with Gasteiger partial charge in [-0.1, -0.05) is 35.9 Å². The molecule has 136 valence electrons. The summed E-state index contributed by atoms with van der Waals surface area (Å²) < 4.78 is 5.53. The predicted octanol–water partition coefficient (Wildman–Crippen LogP) is 3.50. The highest BCUT2D eigenvalue weighted by molar-refractivity contribution is 5.98. The van der Waals surface area contributed by atoms with E-state index in [1.807, 2.05) is 62.4 Å². The lowest BCUT2D eigenvalue weighted by atomic mass is 10.2. The van der Waals surface area contributed by atoms with Crippen LogP contribution in [0.15, 0.2) is 54.6 Å². The van der Waals surface area contributed by atoms with Crippen LogP contribution >= 0.6 is 0 Å². The molecular weight excluding hydrogens is 328 g/mol. The Hall–Kier alpha value is -3.08. The van der Waals surface area contributed by atoms with Crippen molar-refractivity contribution in [2.45, 2.75) is 13.8 Å². The van der Waals surface area contributed by atoms with Crippen LogP contribution in [0.3, 0.4) is 0 Å². The Labute approximate surface area is 154 Å². The van der Waals surface area contributed by atoms with Gasteiger partial charge in [-0.3, -0.25) is 9.59 Å². The van der Waals surface area contributed by atoms with Gasteiger partial charge in [0, 0.05) is 24.4 Å². The fraction of sp³-hybridized carbons (Fsp3) is 0.238. The molecule has 2 rings (SSSR count). The maximum Gasteiger partial charge on any atom is 0.246 e. The number of rotatable bonds is 7. The van der Waals surface area contributed by atoms with Crippen LogP contribution in [-0.4, -0.2) is 36.9 Å². The van der Waals surface area contributed by atoms with E-state index >= 15 is 0 Å². The molecule has 5 nitrogen and oxygen atoms in total. The van der Waals surface area contributed by atoms with Gasteiger partial charge in [-0.05, 0) is 38.1 Å². The normalized spacial score (nSPS) is 10.6. The Morgan fingerprint density at radius 3 is 2.50 bits per heavy atom. The summed E-state index contributed by atoms with van der Waals surface area (Å²) in [4.78, 5) is 25.7. The second-order valence-corrected chi connectivity index (χ2v) is 5.91. The van der Waals surface area contributed by atoms with E-state index in [1.54, 1.807) is 13.1 Å². The smallest absolute Gasteiger partial charge is 0.246 e. The van der Waals surface area contributed by atoms with Crippen LogP contribution < -0.4 is 10.1 Å². The van der Waals surface area contributed by atoms with Crippen molar-refractivity contribution in [3.05, 3.63) is 65.7 Å². The highest BCUT2D eigenvalue weighted by Gasteiger charge is 2.11. The average Bonchev–Trinajstić information content (AvgIpc) is 2.62. The molecule has 0 heterocycles. The Bertz CT molecular complexity index is 782. The number of hydrogen-bond acceptors (Lipinski definition) is 3. The topological polar surface area (TPSA) is 58.6 Å². The van der Waals surface area contributed by atoms with Crippen LogP contribution in [-0.2, 0) is 9.59 Å². The summed E-state index contributed by atoms with van der Waals surface area (Å²) in [5.41, 5.74) is 2.65. The number of anilines is 1. The molecule has 5 heteroatoms. The van der Waals surface area contributed by atoms with E-state index in [9.17, 15) is 9.59 Å². The number of nitrogens with one attached hydrogen (secondary N) is 1. The van der Waals surface area contributed by atoms with Crippen molar-refractivity contribution in [2.24, 2.45) is 0 Å². The molecule has 0 saturated carbocycles. The average molecular weight is 352 g/mol. The summed E-state index contributed by atoms with van der Waals surface area (Å²) in [6, 6.07) is 15.0. The van der Waals surface area contributed by atoms with Gasteiger partial charge in [-0.25, -0.2) is 0 Å². The maximum absolute atomic E-state index is 12.2. The lowest BCUT2D eigenvalue weighted by Gasteiger charge is -2.15. The van der Waals surface area contributed by atoms with Gasteiger partial charge in [-0.15, -0.1) is 0 Å². The first kappa shape index (κ1) is 19.2. The first-order valence-electron chi connectivity index (χ1n) is 8.51. The fourth-order valence-corrected chi connectivity index (χ4v) is 2.32. The zero-order chi connectivity index (χ0) is 18.9. The first-order chi connectivity index (χ1) is 12.5. The van der Waals surface area contributed by atoms with Crippen molar-refractivity contribution in [2.75, 3.05) is 25.5 Å². The lowest BCUT2D eigenvalue weighted by Crippen LogP contribution is -2.33. The summed E-state index contributed by atoms with van der Waals surface area (Å²) in [7, 11) is 1.59. The third kappa shape index (κ3) is 5.77. The monoisotopic (exact) mass is 352 g/mol. The van der Waals surface area contributed by atoms with Crippen LogP contribution in [0.25, 0.3) is 6.08 Å². The number of likely N-dealkylation sites (N-methyl/N-ethyl adjacent to an activating group) is 1. The zero-order valence-corrected chi connectivity index (χ0v) is 15.4. The summed E-state index contributed by atoms with van der Waals surface area (Å²) >= 11 is 0. The van der Waals surface area contributed by atoms with Crippen molar-refractivity contribution in [3.63, 3.8) is 0 Å². The quantitative estimate of drug-likeness (QED) is 0.776. The van der Waals surface area contributed by atoms with Crippen molar-refractivity contribution in [1.82, 2.24) is 4.90 Å². The van der Waals surface area contributed by atoms with Gasteiger partial charge in [-0.2, -0.15) is 0 Å². The van der Waals surface area contributed by atoms with Crippen molar-refractivity contribution in [3.8, 4) is 5.75 Å². The molecule has 2 aromatic rings. The third-order valence-corrected chi connectivity index (χ3v) is 3.72. The van der Waals surface area contributed by atoms with E-state index in [1.165, 1.54) is 11.0 Å². The van der Waals surface area contributed by atoms with Gasteiger partial charge < -0.3 is 15.0 Å².